The molecule has 3 aliphatic rings. The van der Waals surface area contributed by atoms with Crippen LogP contribution < -0.4 is 15.4 Å². The van der Waals surface area contributed by atoms with Crippen LogP contribution in [0.4, 0.5) is 0 Å². The molecule has 9 heteroatoms. The van der Waals surface area contributed by atoms with E-state index in [1.165, 1.54) is 5.56 Å². The summed E-state index contributed by atoms with van der Waals surface area (Å²) in [6, 6.07) is 23.9. The van der Waals surface area contributed by atoms with E-state index in [-0.39, 0.29) is 0 Å². The van der Waals surface area contributed by atoms with E-state index >= 15 is 0 Å². The van der Waals surface area contributed by atoms with E-state index in [0.29, 0.717) is 25.0 Å². The molecule has 1 saturated heterocycles. The first-order valence-electron chi connectivity index (χ1n) is 15.0. The molecule has 4 aromatic rings. The third kappa shape index (κ3) is 5.74. The number of piperidine rings is 1. The number of hydrogen-bond acceptors (Lipinski definition) is 8. The van der Waals surface area contributed by atoms with Gasteiger partial charge in [-0.1, -0.05) is 54.6 Å². The molecule has 0 radical (unpaired) electrons. The van der Waals surface area contributed by atoms with Gasteiger partial charge in [-0.25, -0.2) is 4.98 Å². The van der Waals surface area contributed by atoms with E-state index in [9.17, 15) is 0 Å². The second-order valence-electron chi connectivity index (χ2n) is 11.2. The summed E-state index contributed by atoms with van der Waals surface area (Å²) in [6.45, 7) is 4.98. The number of hydrogen-bond donors (Lipinski definition) is 2. The number of fused-ring (bicyclic) bond motifs is 3. The average Bonchev–Trinajstić information content (AvgIpc) is 3.42. The Labute approximate surface area is 251 Å². The number of aliphatic imine (C=N–C) groups is 1. The van der Waals surface area contributed by atoms with E-state index < -0.39 is 0 Å². The maximum Gasteiger partial charge on any atom is 0.207 e. The fraction of sp³-hybridized carbons (Fsp3) is 0.294. The van der Waals surface area contributed by atoms with Crippen molar-refractivity contribution in [2.75, 3.05) is 26.2 Å². The fourth-order valence-electron chi connectivity index (χ4n) is 6.13. The molecule has 0 atom stereocenters. The van der Waals surface area contributed by atoms with Gasteiger partial charge in [-0.3, -0.25) is 14.9 Å². The van der Waals surface area contributed by atoms with Crippen LogP contribution in [0.15, 0.2) is 89.9 Å². The normalized spacial score (nSPS) is 17.1. The van der Waals surface area contributed by atoms with Crippen LogP contribution in [0.3, 0.4) is 0 Å². The molecule has 9 nitrogen and oxygen atoms in total. The Kier molecular flexibility index (Phi) is 7.59. The summed E-state index contributed by atoms with van der Waals surface area (Å²) in [5, 5.41) is 15.7. The van der Waals surface area contributed by atoms with Crippen molar-refractivity contribution >= 4 is 5.84 Å². The van der Waals surface area contributed by atoms with Crippen molar-refractivity contribution in [3.63, 3.8) is 0 Å². The Morgan fingerprint density at radius 1 is 1.00 bits per heavy atom. The predicted octanol–water partition coefficient (Wildman–Crippen LogP) is 4.98. The number of amidine groups is 1. The molecule has 0 aliphatic carbocycles. The van der Waals surface area contributed by atoms with Gasteiger partial charge in [0.2, 0.25) is 5.84 Å². The Hall–Kier alpha value is -4.94. The number of aromatic nitrogens is 3. The molecule has 0 unspecified atom stereocenters. The van der Waals surface area contributed by atoms with Crippen molar-refractivity contribution in [2.24, 2.45) is 4.99 Å². The van der Waals surface area contributed by atoms with Gasteiger partial charge in [0.25, 0.3) is 0 Å². The molecule has 0 amide bonds. The molecule has 0 spiro atoms. The van der Waals surface area contributed by atoms with E-state index in [4.69, 9.17) is 15.0 Å². The largest absolute Gasteiger partial charge is 0.493 e. The zero-order chi connectivity index (χ0) is 29.0. The molecule has 5 heterocycles. The Bertz CT molecular complexity index is 1690. The van der Waals surface area contributed by atoms with E-state index in [1.807, 2.05) is 18.3 Å². The van der Waals surface area contributed by atoms with Crippen molar-refractivity contribution < 1.29 is 4.74 Å². The van der Waals surface area contributed by atoms with Gasteiger partial charge in [0.15, 0.2) is 0 Å². The highest BCUT2D eigenvalue weighted by Crippen LogP contribution is 2.39. The number of pyridine rings is 1. The highest BCUT2D eigenvalue weighted by atomic mass is 16.5. The summed E-state index contributed by atoms with van der Waals surface area (Å²) in [5.41, 5.74) is 6.58. The molecule has 0 saturated carbocycles. The molecule has 1 fully saturated rings. The zero-order valence-electron chi connectivity index (χ0n) is 24.0. The quantitative estimate of drug-likeness (QED) is 0.337. The molecule has 2 aromatic carbocycles. The van der Waals surface area contributed by atoms with Crippen molar-refractivity contribution in [1.82, 2.24) is 30.1 Å². The number of ether oxygens (including phenoxy) is 1. The van der Waals surface area contributed by atoms with Crippen LogP contribution in [-0.4, -0.2) is 57.6 Å². The summed E-state index contributed by atoms with van der Waals surface area (Å²) in [4.78, 5) is 16.3. The second kappa shape index (κ2) is 12.1. The van der Waals surface area contributed by atoms with Gasteiger partial charge in [-0.2, -0.15) is 5.26 Å². The molecule has 7 rings (SSSR count). The number of benzene rings is 2. The molecule has 0 bridgehead atoms. The third-order valence-electron chi connectivity index (χ3n) is 8.30. The molecule has 3 aliphatic heterocycles. The average molecular weight is 571 g/mol. The lowest BCUT2D eigenvalue weighted by molar-refractivity contribution is 0.194. The predicted molar refractivity (Wildman–Crippen MR) is 167 cm³/mol. The Morgan fingerprint density at radius 3 is 2.65 bits per heavy atom. The van der Waals surface area contributed by atoms with Crippen LogP contribution in [0.5, 0.6) is 5.75 Å². The first-order valence-corrected chi connectivity index (χ1v) is 15.0. The maximum absolute atomic E-state index is 9.12. The molecular formula is C34H34N8O. The minimum Gasteiger partial charge on any atom is -0.493 e. The highest BCUT2D eigenvalue weighted by molar-refractivity contribution is 5.98. The summed E-state index contributed by atoms with van der Waals surface area (Å²) in [7, 11) is 0. The SMILES string of the molecule is N#CC1=NCC=C(NC2CCN(Cc3ccc(-c4nc5n(c4-c4ccccc4)CCCOc4ccncc4-5)cc3)CC2)N1. The van der Waals surface area contributed by atoms with Gasteiger partial charge >= 0.3 is 0 Å². The first-order chi connectivity index (χ1) is 21.2. The number of nitrogens with zero attached hydrogens (tertiary/aromatic N) is 6. The summed E-state index contributed by atoms with van der Waals surface area (Å²) >= 11 is 0. The lowest BCUT2D eigenvalue weighted by Gasteiger charge is -2.33. The molecule has 43 heavy (non-hydrogen) atoms. The summed E-state index contributed by atoms with van der Waals surface area (Å²) in [5.74, 6) is 3.00. The van der Waals surface area contributed by atoms with Gasteiger partial charge < -0.3 is 19.9 Å². The van der Waals surface area contributed by atoms with E-state index in [2.05, 4.69) is 90.7 Å². The standard InChI is InChI=1S/C34H34N8O/c35-21-31-37-16-12-30(39-31)38-27-13-18-41(19-14-27)23-24-7-9-25(10-8-24)32-33(26-5-2-1-3-6-26)42-17-4-20-43-29-11-15-36-22-28(29)34(42)40-32/h1-3,5-12,15,22,27,38H,4,13-14,16-20,23H2,(H,37,39). The maximum atomic E-state index is 9.12. The summed E-state index contributed by atoms with van der Waals surface area (Å²) < 4.78 is 8.40. The number of rotatable bonds is 6. The van der Waals surface area contributed by atoms with Crippen molar-refractivity contribution in [1.29, 1.82) is 5.26 Å². The van der Waals surface area contributed by atoms with Gasteiger partial charge in [0.05, 0.1) is 30.1 Å². The van der Waals surface area contributed by atoms with Crippen LogP contribution in [0, 0.1) is 11.3 Å². The minimum absolute atomic E-state index is 0.374. The number of imidazole rings is 1. The Balaban J connectivity index is 1.09. The van der Waals surface area contributed by atoms with Crippen LogP contribution in [0.2, 0.25) is 0 Å². The molecular weight excluding hydrogens is 536 g/mol. The van der Waals surface area contributed by atoms with Crippen LogP contribution in [0.1, 0.15) is 24.8 Å². The van der Waals surface area contributed by atoms with E-state index in [1.54, 1.807) is 6.20 Å². The van der Waals surface area contributed by atoms with E-state index in [0.717, 1.165) is 90.9 Å². The highest BCUT2D eigenvalue weighted by Gasteiger charge is 2.25. The second-order valence-corrected chi connectivity index (χ2v) is 11.2. The zero-order valence-corrected chi connectivity index (χ0v) is 24.0. The van der Waals surface area contributed by atoms with Crippen molar-refractivity contribution in [2.45, 2.75) is 38.4 Å². The van der Waals surface area contributed by atoms with Gasteiger partial charge in [-0.15, -0.1) is 0 Å². The minimum atomic E-state index is 0.374. The van der Waals surface area contributed by atoms with Crippen LogP contribution >= 0.6 is 0 Å². The lowest BCUT2D eigenvalue weighted by Crippen LogP contribution is -2.45. The Morgan fingerprint density at radius 2 is 1.84 bits per heavy atom. The van der Waals surface area contributed by atoms with Crippen LogP contribution in [-0.2, 0) is 13.1 Å². The summed E-state index contributed by atoms with van der Waals surface area (Å²) in [6.07, 6.45) is 8.64. The first kappa shape index (κ1) is 26.9. The smallest absolute Gasteiger partial charge is 0.207 e. The van der Waals surface area contributed by atoms with Crippen LogP contribution in [0.25, 0.3) is 33.9 Å². The molecule has 2 N–H and O–H groups in total. The van der Waals surface area contributed by atoms with Gasteiger partial charge in [0.1, 0.15) is 23.5 Å². The van der Waals surface area contributed by atoms with Gasteiger partial charge in [0, 0.05) is 55.7 Å². The van der Waals surface area contributed by atoms with Gasteiger partial charge in [-0.05, 0) is 37.0 Å². The number of nitrogens with one attached hydrogen (secondary N) is 2. The monoisotopic (exact) mass is 570 g/mol. The lowest BCUT2D eigenvalue weighted by atomic mass is 10.0. The topological polar surface area (TPSA) is 103 Å². The third-order valence-corrected chi connectivity index (χ3v) is 8.30. The molecule has 216 valence electrons. The number of nitriles is 1. The van der Waals surface area contributed by atoms with Crippen molar-refractivity contribution in [3.8, 4) is 45.7 Å². The fourth-order valence-corrected chi connectivity index (χ4v) is 6.13. The molecule has 2 aromatic heterocycles. The van der Waals surface area contributed by atoms with Crippen molar-refractivity contribution in [3.05, 3.63) is 90.5 Å². The number of likely N-dealkylation sites (tertiary alicyclic amines) is 1.